The van der Waals surface area contributed by atoms with Crippen LogP contribution in [-0.4, -0.2) is 56.5 Å². The van der Waals surface area contributed by atoms with Crippen LogP contribution < -0.4 is 10.6 Å². The number of nitrogens with one attached hydrogen (secondary N) is 2. The number of likely N-dealkylation sites (tertiary alicyclic amines) is 1. The monoisotopic (exact) mass is 413 g/mol. The molecule has 1 aromatic heterocycles. The lowest BCUT2D eigenvalue weighted by molar-refractivity contribution is 0.221. The SMILES string of the molecule is CN=C(NCc1ccc(CN2CCCCC2)cc1)NCC(c1cccs1)N(C)C. The Morgan fingerprint density at radius 1 is 1.07 bits per heavy atom. The molecule has 0 spiro atoms. The molecule has 0 radical (unpaired) electrons. The third-order valence-electron chi connectivity index (χ3n) is 5.52. The highest BCUT2D eigenvalue weighted by molar-refractivity contribution is 7.10. The number of piperidine rings is 1. The minimum Gasteiger partial charge on any atom is -0.354 e. The highest BCUT2D eigenvalue weighted by Crippen LogP contribution is 2.22. The van der Waals surface area contributed by atoms with Crippen molar-refractivity contribution in [2.24, 2.45) is 4.99 Å². The summed E-state index contributed by atoms with van der Waals surface area (Å²) in [5, 5.41) is 9.04. The Hall–Kier alpha value is -1.89. The van der Waals surface area contributed by atoms with Gasteiger partial charge in [-0.15, -0.1) is 11.3 Å². The largest absolute Gasteiger partial charge is 0.354 e. The smallest absolute Gasteiger partial charge is 0.191 e. The molecule has 2 N–H and O–H groups in total. The Morgan fingerprint density at radius 3 is 2.41 bits per heavy atom. The zero-order valence-corrected chi connectivity index (χ0v) is 18.8. The maximum absolute atomic E-state index is 4.38. The summed E-state index contributed by atoms with van der Waals surface area (Å²) >= 11 is 1.80. The number of nitrogens with zero attached hydrogens (tertiary/aromatic N) is 3. The topological polar surface area (TPSA) is 42.9 Å². The fraction of sp³-hybridized carbons (Fsp3) is 0.522. The molecule has 0 aliphatic carbocycles. The van der Waals surface area contributed by atoms with Crippen LogP contribution in [-0.2, 0) is 13.1 Å². The number of rotatable bonds is 8. The lowest BCUT2D eigenvalue weighted by atomic mass is 10.1. The molecule has 1 unspecified atom stereocenters. The average Bonchev–Trinajstić information content (AvgIpc) is 3.26. The van der Waals surface area contributed by atoms with E-state index in [1.807, 2.05) is 7.05 Å². The molecular weight excluding hydrogens is 378 g/mol. The fourth-order valence-corrected chi connectivity index (χ4v) is 4.68. The molecule has 3 rings (SSSR count). The Balaban J connectivity index is 1.46. The van der Waals surface area contributed by atoms with Gasteiger partial charge in [0.05, 0.1) is 6.04 Å². The zero-order valence-electron chi connectivity index (χ0n) is 18.0. The Labute approximate surface area is 179 Å². The minimum absolute atomic E-state index is 0.336. The van der Waals surface area contributed by atoms with Crippen LogP contribution >= 0.6 is 11.3 Å². The summed E-state index contributed by atoms with van der Waals surface area (Å²) in [4.78, 5) is 10.6. The first-order valence-electron chi connectivity index (χ1n) is 10.6. The molecule has 6 heteroatoms. The van der Waals surface area contributed by atoms with E-state index < -0.39 is 0 Å². The van der Waals surface area contributed by atoms with Gasteiger partial charge in [0.25, 0.3) is 0 Å². The molecule has 0 saturated carbocycles. The average molecular weight is 414 g/mol. The van der Waals surface area contributed by atoms with Crippen LogP contribution in [0.4, 0.5) is 0 Å². The predicted octanol–water partition coefficient (Wildman–Crippen LogP) is 3.70. The van der Waals surface area contributed by atoms with E-state index >= 15 is 0 Å². The van der Waals surface area contributed by atoms with Crippen molar-refractivity contribution in [2.45, 2.75) is 38.4 Å². The number of likely N-dealkylation sites (N-methyl/N-ethyl adjacent to an activating group) is 1. The first-order valence-corrected chi connectivity index (χ1v) is 11.5. The van der Waals surface area contributed by atoms with Crippen molar-refractivity contribution in [3.63, 3.8) is 0 Å². The maximum Gasteiger partial charge on any atom is 0.191 e. The summed E-state index contributed by atoms with van der Waals surface area (Å²) in [7, 11) is 6.06. The van der Waals surface area contributed by atoms with E-state index in [4.69, 9.17) is 0 Å². The first-order chi connectivity index (χ1) is 14.2. The van der Waals surface area contributed by atoms with Crippen molar-refractivity contribution in [1.29, 1.82) is 0 Å². The summed E-state index contributed by atoms with van der Waals surface area (Å²) in [6, 6.07) is 13.6. The highest BCUT2D eigenvalue weighted by Gasteiger charge is 2.15. The molecule has 1 atom stereocenters. The molecule has 1 aromatic carbocycles. The summed E-state index contributed by atoms with van der Waals surface area (Å²) in [5.41, 5.74) is 2.68. The third kappa shape index (κ3) is 6.84. The molecule has 2 aromatic rings. The van der Waals surface area contributed by atoms with Gasteiger partial charge in [0.1, 0.15) is 0 Å². The van der Waals surface area contributed by atoms with Gasteiger partial charge in [-0.2, -0.15) is 0 Å². The molecular formula is C23H35N5S. The summed E-state index contributed by atoms with van der Waals surface area (Å²) < 4.78 is 0. The van der Waals surface area contributed by atoms with Crippen LogP contribution in [0.25, 0.3) is 0 Å². The van der Waals surface area contributed by atoms with Crippen LogP contribution in [0.15, 0.2) is 46.8 Å². The van der Waals surface area contributed by atoms with Crippen molar-refractivity contribution in [2.75, 3.05) is 40.8 Å². The second-order valence-corrected chi connectivity index (χ2v) is 8.93. The normalized spacial score (nSPS) is 16.8. The highest BCUT2D eigenvalue weighted by atomic mass is 32.1. The fourth-order valence-electron chi connectivity index (χ4n) is 3.76. The molecule has 1 aliphatic rings. The van der Waals surface area contributed by atoms with Crippen molar-refractivity contribution < 1.29 is 0 Å². The second-order valence-electron chi connectivity index (χ2n) is 7.95. The number of hydrogen-bond donors (Lipinski definition) is 2. The van der Waals surface area contributed by atoms with Gasteiger partial charge in [-0.1, -0.05) is 36.8 Å². The predicted molar refractivity (Wildman–Crippen MR) is 125 cm³/mol. The van der Waals surface area contributed by atoms with E-state index in [1.165, 1.54) is 48.4 Å². The molecule has 29 heavy (non-hydrogen) atoms. The molecule has 1 saturated heterocycles. The van der Waals surface area contributed by atoms with E-state index in [-0.39, 0.29) is 0 Å². The quantitative estimate of drug-likeness (QED) is 0.512. The molecule has 5 nitrogen and oxygen atoms in total. The Bertz CT molecular complexity index is 733. The number of guanidine groups is 1. The van der Waals surface area contributed by atoms with Crippen LogP contribution in [0.3, 0.4) is 0 Å². The first kappa shape index (κ1) is 21.8. The molecule has 2 heterocycles. The lowest BCUT2D eigenvalue weighted by Crippen LogP contribution is -2.41. The summed E-state index contributed by atoms with van der Waals surface area (Å²) in [5.74, 6) is 0.839. The van der Waals surface area contributed by atoms with Gasteiger partial charge < -0.3 is 15.5 Å². The van der Waals surface area contributed by atoms with Crippen molar-refractivity contribution in [1.82, 2.24) is 20.4 Å². The third-order valence-corrected chi connectivity index (χ3v) is 6.49. The number of hydrogen-bond acceptors (Lipinski definition) is 4. The van der Waals surface area contributed by atoms with E-state index in [1.54, 1.807) is 11.3 Å². The molecule has 1 aliphatic heterocycles. The van der Waals surface area contributed by atoms with Crippen molar-refractivity contribution in [3.05, 3.63) is 57.8 Å². The van der Waals surface area contributed by atoms with E-state index in [0.717, 1.165) is 25.6 Å². The van der Waals surface area contributed by atoms with Crippen LogP contribution in [0, 0.1) is 0 Å². The van der Waals surface area contributed by atoms with Gasteiger partial charge in [-0.05, 0) is 62.6 Å². The number of benzene rings is 1. The van der Waals surface area contributed by atoms with Gasteiger partial charge in [0, 0.05) is 31.6 Å². The molecule has 158 valence electrons. The van der Waals surface area contributed by atoms with E-state index in [2.05, 4.69) is 81.3 Å². The van der Waals surface area contributed by atoms with Gasteiger partial charge in [0.15, 0.2) is 5.96 Å². The molecule has 0 bridgehead atoms. The number of aliphatic imine (C=N–C) groups is 1. The van der Waals surface area contributed by atoms with Gasteiger partial charge in [0.2, 0.25) is 0 Å². The molecule has 0 amide bonds. The summed E-state index contributed by atoms with van der Waals surface area (Å²) in [6.07, 6.45) is 4.07. The number of thiophene rings is 1. The van der Waals surface area contributed by atoms with Crippen LogP contribution in [0.2, 0.25) is 0 Å². The lowest BCUT2D eigenvalue weighted by Gasteiger charge is -2.26. The maximum atomic E-state index is 4.38. The Kier molecular flexibility index (Phi) is 8.52. The van der Waals surface area contributed by atoms with Gasteiger partial charge in [-0.25, -0.2) is 0 Å². The minimum atomic E-state index is 0.336. The van der Waals surface area contributed by atoms with Crippen molar-refractivity contribution in [3.8, 4) is 0 Å². The van der Waals surface area contributed by atoms with E-state index in [9.17, 15) is 0 Å². The van der Waals surface area contributed by atoms with Crippen LogP contribution in [0.1, 0.15) is 41.3 Å². The zero-order chi connectivity index (χ0) is 20.5. The van der Waals surface area contributed by atoms with E-state index in [0.29, 0.717) is 6.04 Å². The Morgan fingerprint density at radius 2 is 1.79 bits per heavy atom. The molecule has 1 fully saturated rings. The summed E-state index contributed by atoms with van der Waals surface area (Å²) in [6.45, 7) is 5.15. The standard InChI is InChI=1S/C23H35N5S/c1-24-23(26-17-21(27(2)3)22-8-7-15-29-22)25-16-19-9-11-20(12-10-19)18-28-13-5-4-6-14-28/h7-12,15,21H,4-6,13-14,16-18H2,1-3H3,(H2,24,25,26). The van der Waals surface area contributed by atoms with Crippen LogP contribution in [0.5, 0.6) is 0 Å². The van der Waals surface area contributed by atoms with Gasteiger partial charge >= 0.3 is 0 Å². The van der Waals surface area contributed by atoms with Crippen molar-refractivity contribution >= 4 is 17.3 Å². The second kappa shape index (κ2) is 11.3. The van der Waals surface area contributed by atoms with Gasteiger partial charge in [-0.3, -0.25) is 9.89 Å².